The van der Waals surface area contributed by atoms with Crippen molar-refractivity contribution >= 4 is 0 Å². The molecule has 84 valence electrons. The summed E-state index contributed by atoms with van der Waals surface area (Å²) in [5, 5.41) is 9.89. The molecule has 0 aromatic heterocycles. The SMILES string of the molecule is Oc1ccc2c3c1O[C@@H]1CCCC(CC2)C31. The molecule has 0 saturated heterocycles. The number of aryl methyl sites for hydroxylation is 1. The Morgan fingerprint density at radius 3 is 3.06 bits per heavy atom. The Bertz CT molecular complexity index is 452. The van der Waals surface area contributed by atoms with Crippen LogP contribution in [0.25, 0.3) is 0 Å². The van der Waals surface area contributed by atoms with E-state index in [1.165, 1.54) is 36.8 Å². The van der Waals surface area contributed by atoms with Gasteiger partial charge in [-0.05, 0) is 49.7 Å². The summed E-state index contributed by atoms with van der Waals surface area (Å²) < 4.78 is 5.98. The van der Waals surface area contributed by atoms with Crippen molar-refractivity contribution in [3.63, 3.8) is 0 Å². The number of rotatable bonds is 0. The molecule has 1 heterocycles. The van der Waals surface area contributed by atoms with Crippen molar-refractivity contribution in [1.82, 2.24) is 0 Å². The highest BCUT2D eigenvalue weighted by Gasteiger charge is 2.46. The number of phenols is 1. The van der Waals surface area contributed by atoms with Gasteiger partial charge in [0, 0.05) is 11.5 Å². The molecular formula is C14H16O2. The smallest absolute Gasteiger partial charge is 0.165 e. The van der Waals surface area contributed by atoms with Gasteiger partial charge in [0.25, 0.3) is 0 Å². The van der Waals surface area contributed by atoms with Crippen LogP contribution in [-0.2, 0) is 6.42 Å². The van der Waals surface area contributed by atoms with E-state index in [2.05, 4.69) is 6.07 Å². The summed E-state index contributed by atoms with van der Waals surface area (Å²) in [7, 11) is 0. The summed E-state index contributed by atoms with van der Waals surface area (Å²) in [5.74, 6) is 2.53. The van der Waals surface area contributed by atoms with E-state index in [4.69, 9.17) is 4.74 Å². The summed E-state index contributed by atoms with van der Waals surface area (Å²) in [4.78, 5) is 0. The molecule has 1 aromatic rings. The van der Waals surface area contributed by atoms with Gasteiger partial charge in [-0.25, -0.2) is 0 Å². The molecule has 16 heavy (non-hydrogen) atoms. The van der Waals surface area contributed by atoms with E-state index in [1.54, 1.807) is 6.07 Å². The highest BCUT2D eigenvalue weighted by Crippen LogP contribution is 2.56. The molecule has 0 spiro atoms. The zero-order valence-corrected chi connectivity index (χ0v) is 9.28. The largest absolute Gasteiger partial charge is 0.504 e. The second-order valence-corrected chi connectivity index (χ2v) is 5.40. The average Bonchev–Trinajstić information content (AvgIpc) is 2.70. The van der Waals surface area contributed by atoms with E-state index >= 15 is 0 Å². The predicted octanol–water partition coefficient (Wildman–Crippen LogP) is 2.98. The molecule has 3 atom stereocenters. The fourth-order valence-electron chi connectivity index (χ4n) is 3.95. The average molecular weight is 216 g/mol. The number of phenolic OH excluding ortho intramolecular Hbond substituents is 1. The Balaban J connectivity index is 1.94. The van der Waals surface area contributed by atoms with Crippen molar-refractivity contribution in [3.05, 3.63) is 23.3 Å². The fraction of sp³-hybridized carbons (Fsp3) is 0.571. The van der Waals surface area contributed by atoms with Crippen LogP contribution in [0.3, 0.4) is 0 Å². The Morgan fingerprint density at radius 2 is 2.12 bits per heavy atom. The molecule has 3 aliphatic rings. The zero-order chi connectivity index (χ0) is 10.7. The van der Waals surface area contributed by atoms with Crippen LogP contribution < -0.4 is 4.74 Å². The molecule has 2 unspecified atom stereocenters. The van der Waals surface area contributed by atoms with Crippen molar-refractivity contribution in [2.75, 3.05) is 0 Å². The molecule has 0 radical (unpaired) electrons. The number of benzene rings is 1. The van der Waals surface area contributed by atoms with Gasteiger partial charge in [0.2, 0.25) is 0 Å². The van der Waals surface area contributed by atoms with Gasteiger partial charge in [0.1, 0.15) is 6.10 Å². The number of hydrogen-bond acceptors (Lipinski definition) is 2. The predicted molar refractivity (Wildman–Crippen MR) is 60.9 cm³/mol. The first-order chi connectivity index (χ1) is 7.84. The normalized spacial score (nSPS) is 34.4. The molecule has 0 amide bonds. The van der Waals surface area contributed by atoms with Crippen LogP contribution in [0.2, 0.25) is 0 Å². The Kier molecular flexibility index (Phi) is 1.63. The first kappa shape index (κ1) is 8.91. The molecule has 2 aliphatic carbocycles. The molecule has 1 fully saturated rings. The first-order valence-electron chi connectivity index (χ1n) is 6.36. The molecule has 2 heteroatoms. The van der Waals surface area contributed by atoms with E-state index in [-0.39, 0.29) is 0 Å². The maximum Gasteiger partial charge on any atom is 0.165 e. The molecule has 1 aliphatic heterocycles. The van der Waals surface area contributed by atoms with Gasteiger partial charge < -0.3 is 9.84 Å². The van der Waals surface area contributed by atoms with Crippen molar-refractivity contribution in [2.24, 2.45) is 5.92 Å². The van der Waals surface area contributed by atoms with Gasteiger partial charge in [0.05, 0.1) is 0 Å². The molecular weight excluding hydrogens is 200 g/mol. The third-order valence-corrected chi connectivity index (χ3v) is 4.62. The van der Waals surface area contributed by atoms with Crippen LogP contribution in [0, 0.1) is 5.92 Å². The number of hydrogen-bond donors (Lipinski definition) is 1. The second kappa shape index (κ2) is 2.93. The van der Waals surface area contributed by atoms with Crippen molar-refractivity contribution < 1.29 is 9.84 Å². The number of aromatic hydroxyl groups is 1. The summed E-state index contributed by atoms with van der Waals surface area (Å²) in [5.41, 5.74) is 2.76. The first-order valence-corrected chi connectivity index (χ1v) is 6.36. The van der Waals surface area contributed by atoms with Crippen LogP contribution in [0.4, 0.5) is 0 Å². The van der Waals surface area contributed by atoms with Crippen LogP contribution in [0.15, 0.2) is 12.1 Å². The zero-order valence-electron chi connectivity index (χ0n) is 9.28. The minimum atomic E-state index is 0.341. The highest BCUT2D eigenvalue weighted by atomic mass is 16.5. The van der Waals surface area contributed by atoms with E-state index in [9.17, 15) is 5.11 Å². The quantitative estimate of drug-likeness (QED) is 0.722. The Labute approximate surface area is 95.2 Å². The third-order valence-electron chi connectivity index (χ3n) is 4.62. The molecule has 0 bridgehead atoms. The van der Waals surface area contributed by atoms with E-state index in [0.717, 1.165) is 18.1 Å². The minimum absolute atomic E-state index is 0.341. The minimum Gasteiger partial charge on any atom is -0.504 e. The van der Waals surface area contributed by atoms with Gasteiger partial charge in [-0.1, -0.05) is 6.07 Å². The molecule has 2 nitrogen and oxygen atoms in total. The third kappa shape index (κ3) is 0.977. The maximum atomic E-state index is 9.89. The van der Waals surface area contributed by atoms with Crippen LogP contribution in [-0.4, -0.2) is 11.2 Å². The molecule has 1 saturated carbocycles. The van der Waals surface area contributed by atoms with Crippen molar-refractivity contribution in [1.29, 1.82) is 0 Å². The second-order valence-electron chi connectivity index (χ2n) is 5.40. The van der Waals surface area contributed by atoms with Crippen LogP contribution >= 0.6 is 0 Å². The lowest BCUT2D eigenvalue weighted by atomic mass is 9.68. The fourth-order valence-corrected chi connectivity index (χ4v) is 3.95. The highest BCUT2D eigenvalue weighted by molar-refractivity contribution is 5.56. The Morgan fingerprint density at radius 1 is 1.19 bits per heavy atom. The summed E-state index contributed by atoms with van der Waals surface area (Å²) in [6.07, 6.45) is 6.62. The molecule has 1 aromatic carbocycles. The lowest BCUT2D eigenvalue weighted by Gasteiger charge is -2.36. The van der Waals surface area contributed by atoms with Gasteiger partial charge in [-0.15, -0.1) is 0 Å². The summed E-state index contributed by atoms with van der Waals surface area (Å²) >= 11 is 0. The van der Waals surface area contributed by atoms with Gasteiger partial charge in [-0.2, -0.15) is 0 Å². The number of ether oxygens (including phenoxy) is 1. The van der Waals surface area contributed by atoms with Gasteiger partial charge in [0.15, 0.2) is 11.5 Å². The molecule has 4 rings (SSSR count). The standard InChI is InChI=1S/C14H16O2/c15-10-7-6-9-5-4-8-2-1-3-11-12(8)13(9)14(10)16-11/h6-8,11-12,15H,1-5H2/t8?,11-,12?/m1/s1. The monoisotopic (exact) mass is 216 g/mol. The van der Waals surface area contributed by atoms with Crippen molar-refractivity contribution in [3.8, 4) is 11.5 Å². The van der Waals surface area contributed by atoms with E-state index in [1.807, 2.05) is 0 Å². The lowest BCUT2D eigenvalue weighted by Crippen LogP contribution is -2.32. The molecule has 1 N–H and O–H groups in total. The maximum absolute atomic E-state index is 9.89. The topological polar surface area (TPSA) is 29.5 Å². The lowest BCUT2D eigenvalue weighted by molar-refractivity contribution is 0.118. The summed E-state index contributed by atoms with van der Waals surface area (Å²) in [6.45, 7) is 0. The van der Waals surface area contributed by atoms with Crippen LogP contribution in [0.1, 0.15) is 42.7 Å². The van der Waals surface area contributed by atoms with Crippen molar-refractivity contribution in [2.45, 2.75) is 44.1 Å². The summed E-state index contributed by atoms with van der Waals surface area (Å²) in [6, 6.07) is 3.89. The van der Waals surface area contributed by atoms with Crippen LogP contribution in [0.5, 0.6) is 11.5 Å². The van der Waals surface area contributed by atoms with Gasteiger partial charge >= 0.3 is 0 Å². The Hall–Kier alpha value is -1.18. The van der Waals surface area contributed by atoms with E-state index in [0.29, 0.717) is 17.8 Å². The van der Waals surface area contributed by atoms with Gasteiger partial charge in [-0.3, -0.25) is 0 Å². The van der Waals surface area contributed by atoms with E-state index < -0.39 is 0 Å².